The molecule has 0 radical (unpaired) electrons. The molecule has 1 fully saturated rings. The summed E-state index contributed by atoms with van der Waals surface area (Å²) >= 11 is 0. The van der Waals surface area contributed by atoms with Crippen LogP contribution in [-0.4, -0.2) is 140 Å². The van der Waals surface area contributed by atoms with Crippen LogP contribution in [0.25, 0.3) is 0 Å². The van der Waals surface area contributed by atoms with Crippen LogP contribution in [0.2, 0.25) is 0 Å². The Bertz CT molecular complexity index is 1690. The average molecular weight is 780 g/mol. The third-order valence-electron chi connectivity index (χ3n) is 11.1. The zero-order valence-corrected chi connectivity index (χ0v) is 33.7. The summed E-state index contributed by atoms with van der Waals surface area (Å²) in [5, 5.41) is 45.0. The quantitative estimate of drug-likeness (QED) is 0.0816. The highest BCUT2D eigenvalue weighted by Gasteiger charge is 2.45. The van der Waals surface area contributed by atoms with Crippen LogP contribution >= 0.6 is 0 Å². The molecule has 0 aromatic heterocycles. The van der Waals surface area contributed by atoms with Gasteiger partial charge in [0.05, 0.1) is 45.1 Å². The molecule has 2 aromatic carbocycles. The normalized spacial score (nSPS) is 24.6. The molecule has 1 amide bonds. The van der Waals surface area contributed by atoms with E-state index in [2.05, 4.69) is 122 Å². The molecule has 5 atom stereocenters. The van der Waals surface area contributed by atoms with Crippen LogP contribution < -0.4 is 15.5 Å². The molecule has 56 heavy (non-hydrogen) atoms. The molecule has 2 aromatic rings. The zero-order valence-electron chi connectivity index (χ0n) is 33.7. The number of carbonyl (C=O) groups is 1. The van der Waals surface area contributed by atoms with Gasteiger partial charge in [-0.15, -0.1) is 0 Å². The van der Waals surface area contributed by atoms with E-state index in [1.807, 2.05) is 0 Å². The summed E-state index contributed by atoms with van der Waals surface area (Å²) in [5.74, 6) is 0.0219. The molecule has 0 spiro atoms. The van der Waals surface area contributed by atoms with E-state index < -0.39 is 37.3 Å². The van der Waals surface area contributed by atoms with Crippen molar-refractivity contribution in [2.75, 3.05) is 77.8 Å². The number of anilines is 1. The van der Waals surface area contributed by atoms with Gasteiger partial charge in [-0.3, -0.25) is 4.79 Å². The van der Waals surface area contributed by atoms with E-state index in [0.29, 0.717) is 52.5 Å². The molecule has 5 rings (SSSR count). The number of nitrogens with zero attached hydrogens (tertiary/aromatic N) is 2. The van der Waals surface area contributed by atoms with E-state index in [4.69, 9.17) is 18.9 Å². The van der Waals surface area contributed by atoms with Gasteiger partial charge in [0.2, 0.25) is 11.6 Å². The Hall–Kier alpha value is -3.50. The highest BCUT2D eigenvalue weighted by atomic mass is 16.7. The minimum absolute atomic E-state index is 0.0219. The zero-order chi connectivity index (χ0) is 40.3. The van der Waals surface area contributed by atoms with E-state index in [9.17, 15) is 25.2 Å². The third kappa shape index (κ3) is 10.3. The van der Waals surface area contributed by atoms with Crippen LogP contribution in [-0.2, 0) is 34.6 Å². The molecule has 308 valence electrons. The monoisotopic (exact) mass is 779 g/mol. The van der Waals surface area contributed by atoms with Crippen LogP contribution in [0, 0.1) is 0 Å². The fraction of sp³-hybridized carbons (Fsp3) is 0.581. The number of rotatable bonds is 21. The van der Waals surface area contributed by atoms with Gasteiger partial charge in [0, 0.05) is 67.1 Å². The summed E-state index contributed by atoms with van der Waals surface area (Å²) in [7, 11) is 2.15. The van der Waals surface area contributed by atoms with Gasteiger partial charge in [-0.05, 0) is 44.4 Å². The number of fused-ring (bicyclic) bond motifs is 2. The highest BCUT2D eigenvalue weighted by Crippen LogP contribution is 2.48. The van der Waals surface area contributed by atoms with Crippen molar-refractivity contribution >= 4 is 23.0 Å². The summed E-state index contributed by atoms with van der Waals surface area (Å²) in [4.78, 5) is 15.0. The highest BCUT2D eigenvalue weighted by molar-refractivity contribution is 6.03. The molecule has 0 saturated carbocycles. The van der Waals surface area contributed by atoms with Gasteiger partial charge in [-0.2, -0.15) is 4.58 Å². The minimum atomic E-state index is -1.46. The number of aliphatic hydroxyl groups excluding tert-OH is 4. The van der Waals surface area contributed by atoms with Gasteiger partial charge in [-0.1, -0.05) is 56.3 Å². The fourth-order valence-electron chi connectivity index (χ4n) is 7.86. The summed E-state index contributed by atoms with van der Waals surface area (Å²) in [6, 6.07) is 17.3. The molecule has 6 N–H and O–H groups in total. The molecule has 0 bridgehead atoms. The molecular formula is C43H63N4O9+. The number of para-hydroxylation sites is 2. The Labute approximate surface area is 331 Å². The third-order valence-corrected chi connectivity index (χ3v) is 11.1. The number of aliphatic hydroxyl groups is 4. The van der Waals surface area contributed by atoms with Gasteiger partial charge in [0.1, 0.15) is 31.5 Å². The average Bonchev–Trinajstić information content (AvgIpc) is 3.52. The standard InChI is InChI=1S/C43H62N4O9/c1-42(2)30-13-6-8-15-32(30)46(5)35(42)17-12-18-36-43(3,4)31-14-7-9-16-33(31)47(36)23-11-10-19-37(49)45-22-25-54-28-27-53-24-20-44-21-26-55-41-40(52)39(51)38(50)34(29-48)56-41/h6-9,12-18,34,38-41,44,48,50-52H,10-11,19-29H2,1-5H3/p+1/t34-,38+,39-,40-,41-/m0/s1. The predicted molar refractivity (Wildman–Crippen MR) is 215 cm³/mol. The summed E-state index contributed by atoms with van der Waals surface area (Å²) in [6.07, 6.45) is 2.43. The summed E-state index contributed by atoms with van der Waals surface area (Å²) in [6.45, 7) is 12.8. The van der Waals surface area contributed by atoms with Crippen LogP contribution in [0.15, 0.2) is 72.5 Å². The number of nitrogens with one attached hydrogen (secondary N) is 2. The molecule has 13 nitrogen and oxygen atoms in total. The van der Waals surface area contributed by atoms with Crippen LogP contribution in [0.4, 0.5) is 11.4 Å². The second-order valence-corrected chi connectivity index (χ2v) is 15.6. The maximum atomic E-state index is 12.6. The Morgan fingerprint density at radius 1 is 0.857 bits per heavy atom. The van der Waals surface area contributed by atoms with Crippen molar-refractivity contribution in [1.29, 1.82) is 0 Å². The van der Waals surface area contributed by atoms with Crippen molar-refractivity contribution in [2.45, 2.75) is 88.5 Å². The smallest absolute Gasteiger partial charge is 0.220 e. The molecule has 3 aliphatic rings. The van der Waals surface area contributed by atoms with Crippen molar-refractivity contribution in [3.8, 4) is 0 Å². The Balaban J connectivity index is 0.943. The Kier molecular flexibility index (Phi) is 15.8. The van der Waals surface area contributed by atoms with Crippen LogP contribution in [0.1, 0.15) is 58.1 Å². The molecule has 0 unspecified atom stereocenters. The fourth-order valence-corrected chi connectivity index (χ4v) is 7.86. The molecular weight excluding hydrogens is 716 g/mol. The second-order valence-electron chi connectivity index (χ2n) is 15.6. The topological polar surface area (TPSA) is 165 Å². The molecule has 13 heteroatoms. The number of benzene rings is 2. The first kappa shape index (κ1) is 43.6. The first-order valence-corrected chi connectivity index (χ1v) is 19.9. The van der Waals surface area contributed by atoms with Crippen molar-refractivity contribution in [3.05, 3.63) is 83.6 Å². The number of hydrogen-bond donors (Lipinski definition) is 6. The van der Waals surface area contributed by atoms with Crippen molar-refractivity contribution in [3.63, 3.8) is 0 Å². The summed E-state index contributed by atoms with van der Waals surface area (Å²) < 4.78 is 24.2. The van der Waals surface area contributed by atoms with E-state index in [1.165, 1.54) is 33.9 Å². The Morgan fingerprint density at radius 3 is 2.27 bits per heavy atom. The van der Waals surface area contributed by atoms with Crippen LogP contribution in [0.3, 0.4) is 0 Å². The number of unbranched alkanes of at least 4 members (excludes halogenated alkanes) is 1. The second kappa shape index (κ2) is 20.3. The van der Waals surface area contributed by atoms with E-state index in [0.717, 1.165) is 19.4 Å². The number of hydrogen-bond acceptors (Lipinski definition) is 11. The van der Waals surface area contributed by atoms with Gasteiger partial charge in [0.15, 0.2) is 12.0 Å². The lowest BCUT2D eigenvalue weighted by molar-refractivity contribution is -0.401. The lowest BCUT2D eigenvalue weighted by Gasteiger charge is -2.39. The van der Waals surface area contributed by atoms with Gasteiger partial charge in [-0.25, -0.2) is 0 Å². The predicted octanol–water partition coefficient (Wildman–Crippen LogP) is 2.66. The Morgan fingerprint density at radius 2 is 1.54 bits per heavy atom. The van der Waals surface area contributed by atoms with E-state index in [-0.39, 0.29) is 23.3 Å². The van der Waals surface area contributed by atoms with Crippen LogP contribution in [0.5, 0.6) is 0 Å². The minimum Gasteiger partial charge on any atom is -0.394 e. The maximum Gasteiger partial charge on any atom is 0.220 e. The van der Waals surface area contributed by atoms with Crippen molar-refractivity contribution in [1.82, 2.24) is 10.6 Å². The van der Waals surface area contributed by atoms with E-state index >= 15 is 0 Å². The number of amides is 1. The van der Waals surface area contributed by atoms with Gasteiger partial charge < -0.3 is 54.9 Å². The van der Waals surface area contributed by atoms with Crippen molar-refractivity contribution in [2.24, 2.45) is 0 Å². The number of ether oxygens (including phenoxy) is 4. The number of carbonyl (C=O) groups excluding carboxylic acids is 1. The lowest BCUT2D eigenvalue weighted by Crippen LogP contribution is -2.59. The van der Waals surface area contributed by atoms with Gasteiger partial charge in [0.25, 0.3) is 0 Å². The molecule has 1 saturated heterocycles. The van der Waals surface area contributed by atoms with E-state index in [1.54, 1.807) is 0 Å². The first-order valence-electron chi connectivity index (χ1n) is 19.9. The first-order chi connectivity index (χ1) is 26.9. The molecule has 3 heterocycles. The van der Waals surface area contributed by atoms with Gasteiger partial charge >= 0.3 is 0 Å². The SMILES string of the molecule is C[N+]1=C(/C=C/C=C2/N(CCCCC(=O)NCCOCCOCCNCCO[C@H]3O[C@@H](CO)[C@@H](O)[C@H](O)[C@@H]3O)c3ccccc3C2(C)C)C(C)(C)c2ccccc21. The maximum absolute atomic E-state index is 12.6. The molecule has 0 aliphatic carbocycles. The molecule has 3 aliphatic heterocycles. The lowest BCUT2D eigenvalue weighted by atomic mass is 9.81. The largest absolute Gasteiger partial charge is 0.394 e. The van der Waals surface area contributed by atoms with Crippen molar-refractivity contribution < 1.29 is 48.7 Å². The summed E-state index contributed by atoms with van der Waals surface area (Å²) in [5.41, 5.74) is 7.44. The number of allylic oxidation sites excluding steroid dienone is 4.